The number of likely N-dealkylation sites (tertiary alicyclic amines) is 1. The van der Waals surface area contributed by atoms with Crippen LogP contribution in [0.15, 0.2) is 24.3 Å². The molecule has 2 rings (SSSR count). The van der Waals surface area contributed by atoms with Gasteiger partial charge < -0.3 is 0 Å². The SMILES string of the molecule is Fc1ccccc1CN1CCCCC1CBr. The van der Waals surface area contributed by atoms with Crippen molar-refractivity contribution in [3.63, 3.8) is 0 Å². The highest BCUT2D eigenvalue weighted by Gasteiger charge is 2.21. The van der Waals surface area contributed by atoms with Crippen LogP contribution in [-0.2, 0) is 6.54 Å². The average molecular weight is 286 g/mol. The van der Waals surface area contributed by atoms with Gasteiger partial charge in [0.05, 0.1) is 0 Å². The van der Waals surface area contributed by atoms with Crippen LogP contribution in [0.2, 0.25) is 0 Å². The molecular weight excluding hydrogens is 269 g/mol. The van der Waals surface area contributed by atoms with Crippen molar-refractivity contribution < 1.29 is 4.39 Å². The minimum atomic E-state index is -0.0820. The van der Waals surface area contributed by atoms with Gasteiger partial charge in [-0.2, -0.15) is 0 Å². The van der Waals surface area contributed by atoms with Crippen molar-refractivity contribution in [2.75, 3.05) is 11.9 Å². The summed E-state index contributed by atoms with van der Waals surface area (Å²) in [4.78, 5) is 2.39. The topological polar surface area (TPSA) is 3.24 Å². The van der Waals surface area contributed by atoms with Crippen LogP contribution in [0.25, 0.3) is 0 Å². The standard InChI is InChI=1S/C13H17BrFN/c14-9-12-6-3-4-8-16(12)10-11-5-1-2-7-13(11)15/h1-2,5,7,12H,3-4,6,8-10H2. The molecular formula is C13H17BrFN. The molecule has 1 heterocycles. The van der Waals surface area contributed by atoms with Crippen LogP contribution in [0.1, 0.15) is 24.8 Å². The summed E-state index contributed by atoms with van der Waals surface area (Å²) in [5.41, 5.74) is 0.815. The van der Waals surface area contributed by atoms with Gasteiger partial charge in [-0.3, -0.25) is 4.90 Å². The maximum atomic E-state index is 13.5. The number of halogens is 2. The van der Waals surface area contributed by atoms with Crippen LogP contribution >= 0.6 is 15.9 Å². The summed E-state index contributed by atoms with van der Waals surface area (Å²) in [6.45, 7) is 1.83. The van der Waals surface area contributed by atoms with E-state index in [0.717, 1.165) is 24.0 Å². The molecule has 0 radical (unpaired) electrons. The number of piperidine rings is 1. The van der Waals surface area contributed by atoms with Gasteiger partial charge in [0.2, 0.25) is 0 Å². The second-order valence-electron chi connectivity index (χ2n) is 4.37. The highest BCUT2D eigenvalue weighted by molar-refractivity contribution is 9.09. The van der Waals surface area contributed by atoms with Crippen LogP contribution < -0.4 is 0 Å². The number of benzene rings is 1. The number of hydrogen-bond acceptors (Lipinski definition) is 1. The van der Waals surface area contributed by atoms with Crippen molar-refractivity contribution in [2.45, 2.75) is 31.8 Å². The van der Waals surface area contributed by atoms with E-state index in [1.807, 2.05) is 12.1 Å². The van der Waals surface area contributed by atoms with Crippen molar-refractivity contribution in [3.05, 3.63) is 35.6 Å². The van der Waals surface area contributed by atoms with Gasteiger partial charge in [-0.05, 0) is 25.5 Å². The molecule has 0 saturated carbocycles. The zero-order chi connectivity index (χ0) is 11.4. The molecule has 88 valence electrons. The van der Waals surface area contributed by atoms with Gasteiger partial charge in [-0.25, -0.2) is 4.39 Å². The number of alkyl halides is 1. The first-order chi connectivity index (χ1) is 7.81. The molecule has 0 aliphatic carbocycles. The van der Waals surface area contributed by atoms with Crippen LogP contribution in [0.3, 0.4) is 0 Å². The number of hydrogen-bond donors (Lipinski definition) is 0. The first kappa shape index (κ1) is 12.1. The first-order valence-electron chi connectivity index (χ1n) is 5.84. The monoisotopic (exact) mass is 285 g/mol. The smallest absolute Gasteiger partial charge is 0.127 e. The number of rotatable bonds is 3. The van der Waals surface area contributed by atoms with Crippen molar-refractivity contribution >= 4 is 15.9 Å². The molecule has 0 spiro atoms. The third kappa shape index (κ3) is 2.83. The van der Waals surface area contributed by atoms with Gasteiger partial charge >= 0.3 is 0 Å². The minimum absolute atomic E-state index is 0.0820. The van der Waals surface area contributed by atoms with E-state index in [0.29, 0.717) is 6.04 Å². The Labute approximate surface area is 105 Å². The molecule has 0 bridgehead atoms. The van der Waals surface area contributed by atoms with E-state index < -0.39 is 0 Å². The summed E-state index contributed by atoms with van der Waals surface area (Å²) in [6, 6.07) is 7.65. The predicted octanol–water partition coefficient (Wildman–Crippen LogP) is 3.58. The second kappa shape index (κ2) is 5.78. The van der Waals surface area contributed by atoms with Crippen LogP contribution in [0, 0.1) is 5.82 Å². The summed E-state index contributed by atoms with van der Waals surface area (Å²) in [7, 11) is 0. The minimum Gasteiger partial charge on any atom is -0.295 e. The first-order valence-corrected chi connectivity index (χ1v) is 6.97. The summed E-state index contributed by atoms with van der Waals surface area (Å²) in [5, 5.41) is 0.988. The molecule has 1 fully saturated rings. The molecule has 1 unspecified atom stereocenters. The average Bonchev–Trinajstić information content (AvgIpc) is 2.33. The van der Waals surface area contributed by atoms with Gasteiger partial charge in [-0.1, -0.05) is 40.5 Å². The summed E-state index contributed by atoms with van der Waals surface area (Å²) in [5.74, 6) is -0.0820. The van der Waals surface area contributed by atoms with Gasteiger partial charge in [0.25, 0.3) is 0 Å². The Morgan fingerprint density at radius 3 is 2.88 bits per heavy atom. The fraction of sp³-hybridized carbons (Fsp3) is 0.538. The Morgan fingerprint density at radius 1 is 1.31 bits per heavy atom. The molecule has 0 amide bonds. The Morgan fingerprint density at radius 2 is 2.12 bits per heavy atom. The lowest BCUT2D eigenvalue weighted by Crippen LogP contribution is -2.40. The highest BCUT2D eigenvalue weighted by Crippen LogP contribution is 2.21. The molecule has 1 aliphatic heterocycles. The maximum Gasteiger partial charge on any atom is 0.127 e. The van der Waals surface area contributed by atoms with Crippen LogP contribution in [-0.4, -0.2) is 22.8 Å². The lowest BCUT2D eigenvalue weighted by atomic mass is 10.0. The zero-order valence-electron chi connectivity index (χ0n) is 9.33. The van der Waals surface area contributed by atoms with Gasteiger partial charge in [0, 0.05) is 23.5 Å². The van der Waals surface area contributed by atoms with Crippen molar-refractivity contribution in [3.8, 4) is 0 Å². The van der Waals surface area contributed by atoms with E-state index in [2.05, 4.69) is 20.8 Å². The molecule has 16 heavy (non-hydrogen) atoms. The predicted molar refractivity (Wildman–Crippen MR) is 68.2 cm³/mol. The van der Waals surface area contributed by atoms with Gasteiger partial charge in [0.1, 0.15) is 5.82 Å². The Balaban J connectivity index is 2.05. The zero-order valence-corrected chi connectivity index (χ0v) is 10.9. The molecule has 1 aliphatic rings. The molecule has 1 atom stereocenters. The molecule has 3 heteroatoms. The van der Waals surface area contributed by atoms with E-state index in [4.69, 9.17) is 0 Å². The molecule has 1 aromatic rings. The summed E-state index contributed by atoms with van der Waals surface area (Å²) in [6.07, 6.45) is 3.75. The van der Waals surface area contributed by atoms with Crippen LogP contribution in [0.4, 0.5) is 4.39 Å². The number of nitrogens with zero attached hydrogens (tertiary/aromatic N) is 1. The second-order valence-corrected chi connectivity index (χ2v) is 5.01. The normalized spacial score (nSPS) is 22.2. The van der Waals surface area contributed by atoms with E-state index >= 15 is 0 Å². The van der Waals surface area contributed by atoms with E-state index in [1.54, 1.807) is 12.1 Å². The molecule has 0 aromatic heterocycles. The van der Waals surface area contributed by atoms with Crippen molar-refractivity contribution in [2.24, 2.45) is 0 Å². The quantitative estimate of drug-likeness (QED) is 0.768. The summed E-state index contributed by atoms with van der Waals surface area (Å²) >= 11 is 3.55. The lowest BCUT2D eigenvalue weighted by molar-refractivity contribution is 0.155. The molecule has 0 N–H and O–H groups in total. The van der Waals surface area contributed by atoms with E-state index in [1.165, 1.54) is 19.3 Å². The van der Waals surface area contributed by atoms with Crippen molar-refractivity contribution in [1.29, 1.82) is 0 Å². The molecule has 1 aromatic carbocycles. The van der Waals surface area contributed by atoms with Crippen molar-refractivity contribution in [1.82, 2.24) is 4.90 Å². The Bertz CT molecular complexity index is 342. The lowest BCUT2D eigenvalue weighted by Gasteiger charge is -2.34. The largest absolute Gasteiger partial charge is 0.295 e. The van der Waals surface area contributed by atoms with Crippen LogP contribution in [0.5, 0.6) is 0 Å². The fourth-order valence-electron chi connectivity index (χ4n) is 2.29. The fourth-order valence-corrected chi connectivity index (χ4v) is 3.02. The maximum absolute atomic E-state index is 13.5. The van der Waals surface area contributed by atoms with Gasteiger partial charge in [0.15, 0.2) is 0 Å². The Kier molecular flexibility index (Phi) is 4.36. The molecule has 1 nitrogen and oxygen atoms in total. The third-order valence-corrected chi connectivity index (χ3v) is 4.01. The van der Waals surface area contributed by atoms with Gasteiger partial charge in [-0.15, -0.1) is 0 Å². The highest BCUT2D eigenvalue weighted by atomic mass is 79.9. The van der Waals surface area contributed by atoms with E-state index in [9.17, 15) is 4.39 Å². The summed E-state index contributed by atoms with van der Waals surface area (Å²) < 4.78 is 13.5. The Hall–Kier alpha value is -0.410. The molecule has 1 saturated heterocycles. The third-order valence-electron chi connectivity index (χ3n) is 3.26. The van der Waals surface area contributed by atoms with E-state index in [-0.39, 0.29) is 5.82 Å².